The molecule has 0 saturated heterocycles. The molecule has 7 nitrogen and oxygen atoms in total. The maximum absolute atomic E-state index is 12.7. The number of methoxy groups -OCH3 is 1. The number of ether oxygens (including phenoxy) is 1. The minimum Gasteiger partial charge on any atom is -0.496 e. The number of hydrogen-bond acceptors (Lipinski definition) is 6. The highest BCUT2D eigenvalue weighted by atomic mass is 32.2. The van der Waals surface area contributed by atoms with E-state index >= 15 is 0 Å². The van der Waals surface area contributed by atoms with Crippen molar-refractivity contribution in [3.63, 3.8) is 0 Å². The normalized spacial score (nSPS) is 11.4. The van der Waals surface area contributed by atoms with Gasteiger partial charge in [0.1, 0.15) is 17.9 Å². The molecule has 4 rings (SSSR count). The van der Waals surface area contributed by atoms with Gasteiger partial charge in [0.15, 0.2) is 0 Å². The van der Waals surface area contributed by atoms with Crippen molar-refractivity contribution in [2.24, 2.45) is 0 Å². The van der Waals surface area contributed by atoms with Gasteiger partial charge in [-0.1, -0.05) is 17.7 Å². The largest absolute Gasteiger partial charge is 0.496 e. The van der Waals surface area contributed by atoms with Crippen LogP contribution in [-0.4, -0.2) is 30.5 Å². The Kier molecular flexibility index (Phi) is 4.85. The molecule has 0 atom stereocenters. The number of sulfonamides is 1. The molecule has 146 valence electrons. The number of pyridine rings is 1. The zero-order valence-corrected chi connectivity index (χ0v) is 16.6. The average Bonchev–Trinajstić information content (AvgIpc) is 2.73. The first-order valence-corrected chi connectivity index (χ1v) is 10.3. The van der Waals surface area contributed by atoms with Crippen LogP contribution in [0.3, 0.4) is 0 Å². The third kappa shape index (κ3) is 3.74. The van der Waals surface area contributed by atoms with Crippen LogP contribution in [0.1, 0.15) is 5.56 Å². The van der Waals surface area contributed by atoms with Gasteiger partial charge in [0, 0.05) is 23.3 Å². The van der Waals surface area contributed by atoms with Crippen LogP contribution in [0.15, 0.2) is 72.1 Å². The molecule has 0 aliphatic heterocycles. The number of fused-ring (bicyclic) bond motifs is 1. The summed E-state index contributed by atoms with van der Waals surface area (Å²) in [5, 5.41) is 1.58. The van der Waals surface area contributed by atoms with Crippen molar-refractivity contribution in [2.45, 2.75) is 11.8 Å². The average molecular weight is 406 g/mol. The minimum atomic E-state index is -3.79. The first-order valence-electron chi connectivity index (χ1n) is 8.80. The number of hydrogen-bond donors (Lipinski definition) is 1. The van der Waals surface area contributed by atoms with E-state index in [1.165, 1.54) is 18.6 Å². The van der Waals surface area contributed by atoms with Crippen LogP contribution < -0.4 is 9.46 Å². The Morgan fingerprint density at radius 3 is 2.59 bits per heavy atom. The smallest absolute Gasteiger partial charge is 0.263 e. The second kappa shape index (κ2) is 7.48. The Morgan fingerprint density at radius 2 is 1.83 bits per heavy atom. The molecular formula is C21H18N4O3S. The quantitative estimate of drug-likeness (QED) is 0.542. The van der Waals surface area contributed by atoms with Crippen molar-refractivity contribution in [3.8, 4) is 17.0 Å². The molecule has 0 bridgehead atoms. The van der Waals surface area contributed by atoms with E-state index in [0.29, 0.717) is 5.75 Å². The maximum atomic E-state index is 12.7. The summed E-state index contributed by atoms with van der Waals surface area (Å²) in [7, 11) is -2.17. The molecule has 2 aromatic carbocycles. The Hall–Kier alpha value is -3.52. The summed E-state index contributed by atoms with van der Waals surface area (Å²) < 4.78 is 33.4. The fourth-order valence-corrected chi connectivity index (χ4v) is 4.14. The van der Waals surface area contributed by atoms with Gasteiger partial charge in [-0.05, 0) is 48.7 Å². The summed E-state index contributed by atoms with van der Waals surface area (Å²) in [6.45, 7) is 2.00. The summed E-state index contributed by atoms with van der Waals surface area (Å²) in [5.41, 5.74) is 2.66. The minimum absolute atomic E-state index is 0.136. The van der Waals surface area contributed by atoms with E-state index < -0.39 is 10.0 Å². The van der Waals surface area contributed by atoms with E-state index in [1.807, 2.05) is 25.1 Å². The molecule has 1 N–H and O–H groups in total. The van der Waals surface area contributed by atoms with Crippen LogP contribution in [0.2, 0.25) is 0 Å². The molecule has 2 heterocycles. The number of nitrogens with zero attached hydrogens (tertiary/aromatic N) is 3. The van der Waals surface area contributed by atoms with Crippen LogP contribution >= 0.6 is 0 Å². The molecular weight excluding hydrogens is 388 g/mol. The molecule has 2 aromatic heterocycles. The molecule has 0 aliphatic rings. The van der Waals surface area contributed by atoms with Crippen molar-refractivity contribution in [1.82, 2.24) is 15.0 Å². The van der Waals surface area contributed by atoms with E-state index in [2.05, 4.69) is 19.7 Å². The van der Waals surface area contributed by atoms with Gasteiger partial charge in [-0.3, -0.25) is 9.71 Å². The highest BCUT2D eigenvalue weighted by Crippen LogP contribution is 2.34. The van der Waals surface area contributed by atoms with Crippen LogP contribution in [0.25, 0.3) is 22.0 Å². The molecule has 0 spiro atoms. The highest BCUT2D eigenvalue weighted by Gasteiger charge is 2.17. The van der Waals surface area contributed by atoms with Gasteiger partial charge in [0.25, 0.3) is 10.0 Å². The first kappa shape index (κ1) is 18.8. The molecule has 0 fully saturated rings. The predicted octanol–water partition coefficient (Wildman–Crippen LogP) is 3.81. The lowest BCUT2D eigenvalue weighted by Crippen LogP contribution is -2.13. The molecule has 8 heteroatoms. The zero-order valence-electron chi connectivity index (χ0n) is 15.8. The van der Waals surface area contributed by atoms with Crippen LogP contribution in [0.4, 0.5) is 5.82 Å². The van der Waals surface area contributed by atoms with Gasteiger partial charge < -0.3 is 4.74 Å². The SMILES string of the molecule is COc1ccc(C)cc1-c1nccc2cc(S(=O)(=O)Nc3ccncn3)ccc12. The Bertz CT molecular complexity index is 1290. The summed E-state index contributed by atoms with van der Waals surface area (Å²) in [4.78, 5) is 12.4. The number of aryl methyl sites for hydroxylation is 1. The Morgan fingerprint density at radius 1 is 0.966 bits per heavy atom. The number of nitrogens with one attached hydrogen (secondary N) is 1. The first-order chi connectivity index (χ1) is 14.0. The van der Waals surface area contributed by atoms with Gasteiger partial charge in [-0.2, -0.15) is 0 Å². The van der Waals surface area contributed by atoms with Crippen LogP contribution in [0.5, 0.6) is 5.75 Å². The summed E-state index contributed by atoms with van der Waals surface area (Å²) in [6, 6.07) is 14.1. The third-order valence-corrected chi connectivity index (χ3v) is 5.83. The van der Waals surface area contributed by atoms with Gasteiger partial charge in [0.05, 0.1) is 17.7 Å². The second-order valence-electron chi connectivity index (χ2n) is 6.45. The number of anilines is 1. The third-order valence-electron chi connectivity index (χ3n) is 4.48. The van der Waals surface area contributed by atoms with Gasteiger partial charge >= 0.3 is 0 Å². The Labute approximate surface area is 168 Å². The molecule has 0 saturated carbocycles. The lowest BCUT2D eigenvalue weighted by molar-refractivity contribution is 0.416. The molecule has 29 heavy (non-hydrogen) atoms. The van der Waals surface area contributed by atoms with Crippen LogP contribution in [-0.2, 0) is 10.0 Å². The Balaban J connectivity index is 1.80. The van der Waals surface area contributed by atoms with Crippen molar-refractivity contribution in [3.05, 3.63) is 72.8 Å². The monoisotopic (exact) mass is 406 g/mol. The molecule has 0 radical (unpaired) electrons. The highest BCUT2D eigenvalue weighted by molar-refractivity contribution is 7.92. The van der Waals surface area contributed by atoms with Crippen molar-refractivity contribution < 1.29 is 13.2 Å². The summed E-state index contributed by atoms with van der Waals surface area (Å²) in [5.74, 6) is 0.915. The van der Waals surface area contributed by atoms with E-state index in [0.717, 1.165) is 27.6 Å². The molecule has 0 aliphatic carbocycles. The topological polar surface area (TPSA) is 94.1 Å². The molecule has 4 aromatic rings. The van der Waals surface area contributed by atoms with E-state index in [4.69, 9.17) is 4.74 Å². The predicted molar refractivity (Wildman–Crippen MR) is 111 cm³/mol. The molecule has 0 amide bonds. The van der Waals surface area contributed by atoms with Crippen molar-refractivity contribution in [1.29, 1.82) is 0 Å². The van der Waals surface area contributed by atoms with Crippen molar-refractivity contribution in [2.75, 3.05) is 11.8 Å². The van der Waals surface area contributed by atoms with Gasteiger partial charge in [-0.15, -0.1) is 0 Å². The van der Waals surface area contributed by atoms with Crippen LogP contribution in [0, 0.1) is 6.92 Å². The van der Waals surface area contributed by atoms with E-state index in [-0.39, 0.29) is 10.7 Å². The second-order valence-corrected chi connectivity index (χ2v) is 8.13. The lowest BCUT2D eigenvalue weighted by atomic mass is 10.0. The van der Waals surface area contributed by atoms with Gasteiger partial charge in [0.2, 0.25) is 0 Å². The molecule has 0 unspecified atom stereocenters. The van der Waals surface area contributed by atoms with E-state index in [1.54, 1.807) is 37.6 Å². The fourth-order valence-electron chi connectivity index (χ4n) is 3.09. The number of benzene rings is 2. The maximum Gasteiger partial charge on any atom is 0.263 e. The fraction of sp³-hybridized carbons (Fsp3) is 0.0952. The lowest BCUT2D eigenvalue weighted by Gasteiger charge is -2.12. The number of aromatic nitrogens is 3. The van der Waals surface area contributed by atoms with Gasteiger partial charge in [-0.25, -0.2) is 18.4 Å². The summed E-state index contributed by atoms with van der Waals surface area (Å²) >= 11 is 0. The standard InChI is InChI=1S/C21H18N4O3S/c1-14-3-6-19(28-2)18(11-14)21-17-5-4-16(12-15(17)7-10-23-21)29(26,27)25-20-8-9-22-13-24-20/h3-13H,1-2H3,(H,22,24,25). The zero-order chi connectivity index (χ0) is 20.4. The van der Waals surface area contributed by atoms with Crippen molar-refractivity contribution >= 4 is 26.6 Å². The summed E-state index contributed by atoms with van der Waals surface area (Å²) in [6.07, 6.45) is 4.41. The number of rotatable bonds is 5. The van der Waals surface area contributed by atoms with E-state index in [9.17, 15) is 8.42 Å².